The molecule has 1 aromatic carbocycles. The highest BCUT2D eigenvalue weighted by molar-refractivity contribution is 5.74. The van der Waals surface area contributed by atoms with E-state index in [-0.39, 0.29) is 0 Å². The van der Waals surface area contributed by atoms with Crippen molar-refractivity contribution in [3.8, 4) is 0 Å². The molecule has 0 atom stereocenters. The fourth-order valence-electron chi connectivity index (χ4n) is 2.62. The predicted octanol–water partition coefficient (Wildman–Crippen LogP) is 5.93. The van der Waals surface area contributed by atoms with E-state index in [1.165, 1.54) is 68.1 Å². The SMILES string of the molecule is CCCCCCCc1ccc(C2=CCCC=C2)cc1. The van der Waals surface area contributed by atoms with Crippen LogP contribution in [0.2, 0.25) is 0 Å². The summed E-state index contributed by atoms with van der Waals surface area (Å²) in [5, 5.41) is 0. The van der Waals surface area contributed by atoms with Gasteiger partial charge in [-0.15, -0.1) is 0 Å². The maximum Gasteiger partial charge on any atom is -0.0187 e. The highest BCUT2D eigenvalue weighted by Gasteiger charge is 2.01. The zero-order valence-electron chi connectivity index (χ0n) is 12.2. The number of hydrogen-bond donors (Lipinski definition) is 0. The second-order valence-corrected chi connectivity index (χ2v) is 5.50. The Bertz CT molecular complexity index is 420. The van der Waals surface area contributed by atoms with Crippen LogP contribution in [0.25, 0.3) is 5.57 Å². The first kappa shape index (κ1) is 14.1. The van der Waals surface area contributed by atoms with Gasteiger partial charge < -0.3 is 0 Å². The van der Waals surface area contributed by atoms with E-state index in [4.69, 9.17) is 0 Å². The smallest absolute Gasteiger partial charge is 0.0187 e. The van der Waals surface area contributed by atoms with Crippen molar-refractivity contribution in [3.05, 3.63) is 53.6 Å². The van der Waals surface area contributed by atoms with E-state index in [1.54, 1.807) is 0 Å². The Kier molecular flexibility index (Phi) is 5.94. The lowest BCUT2D eigenvalue weighted by Crippen LogP contribution is -1.89. The third-order valence-electron chi connectivity index (χ3n) is 3.85. The van der Waals surface area contributed by atoms with Gasteiger partial charge in [0, 0.05) is 0 Å². The van der Waals surface area contributed by atoms with Gasteiger partial charge in [0.25, 0.3) is 0 Å². The highest BCUT2D eigenvalue weighted by Crippen LogP contribution is 2.22. The molecule has 0 heteroatoms. The molecule has 0 amide bonds. The van der Waals surface area contributed by atoms with Gasteiger partial charge in [-0.25, -0.2) is 0 Å². The summed E-state index contributed by atoms with van der Waals surface area (Å²) in [6.07, 6.45) is 17.3. The van der Waals surface area contributed by atoms with Crippen LogP contribution in [0.4, 0.5) is 0 Å². The van der Waals surface area contributed by atoms with E-state index in [9.17, 15) is 0 Å². The average Bonchev–Trinajstić information content (AvgIpc) is 2.49. The van der Waals surface area contributed by atoms with Crippen LogP contribution in [0, 0.1) is 0 Å². The maximum absolute atomic E-state index is 2.35. The monoisotopic (exact) mass is 254 g/mol. The molecule has 0 fully saturated rings. The lowest BCUT2D eigenvalue weighted by molar-refractivity contribution is 0.632. The standard InChI is InChI=1S/C19H26/c1-2-3-4-5-7-10-17-13-15-19(16-14-17)18-11-8-6-9-12-18/h8,11-16H,2-7,9-10H2,1H3. The van der Waals surface area contributed by atoms with Gasteiger partial charge in [-0.3, -0.25) is 0 Å². The molecule has 0 aromatic heterocycles. The maximum atomic E-state index is 2.35. The first-order valence-corrected chi connectivity index (χ1v) is 7.86. The number of rotatable bonds is 7. The van der Waals surface area contributed by atoms with Crippen LogP contribution in [-0.4, -0.2) is 0 Å². The summed E-state index contributed by atoms with van der Waals surface area (Å²) in [6, 6.07) is 9.17. The Morgan fingerprint density at radius 2 is 1.68 bits per heavy atom. The van der Waals surface area contributed by atoms with Crippen molar-refractivity contribution in [1.29, 1.82) is 0 Å². The third-order valence-corrected chi connectivity index (χ3v) is 3.85. The first-order valence-electron chi connectivity index (χ1n) is 7.86. The molecule has 0 heterocycles. The van der Waals surface area contributed by atoms with Crippen LogP contribution in [0.15, 0.2) is 42.5 Å². The molecular weight excluding hydrogens is 228 g/mol. The molecule has 19 heavy (non-hydrogen) atoms. The van der Waals surface area contributed by atoms with Gasteiger partial charge in [0.15, 0.2) is 0 Å². The van der Waals surface area contributed by atoms with E-state index in [2.05, 4.69) is 49.4 Å². The second kappa shape index (κ2) is 7.99. The quantitative estimate of drug-likeness (QED) is 0.529. The number of hydrogen-bond acceptors (Lipinski definition) is 0. The molecular formula is C19H26. The zero-order valence-corrected chi connectivity index (χ0v) is 12.2. The van der Waals surface area contributed by atoms with Crippen LogP contribution in [-0.2, 0) is 6.42 Å². The average molecular weight is 254 g/mol. The summed E-state index contributed by atoms with van der Waals surface area (Å²) in [5.74, 6) is 0. The Balaban J connectivity index is 1.81. The molecule has 0 unspecified atom stereocenters. The van der Waals surface area contributed by atoms with Crippen LogP contribution >= 0.6 is 0 Å². The molecule has 0 saturated carbocycles. The van der Waals surface area contributed by atoms with Gasteiger partial charge >= 0.3 is 0 Å². The van der Waals surface area contributed by atoms with Crippen LogP contribution in [0.3, 0.4) is 0 Å². The Hall–Kier alpha value is -1.30. The van der Waals surface area contributed by atoms with Crippen molar-refractivity contribution >= 4 is 5.57 Å². The fourth-order valence-corrected chi connectivity index (χ4v) is 2.62. The van der Waals surface area contributed by atoms with Crippen molar-refractivity contribution in [2.24, 2.45) is 0 Å². The molecule has 2 rings (SSSR count). The summed E-state index contributed by atoms with van der Waals surface area (Å²) < 4.78 is 0. The normalized spacial score (nSPS) is 14.5. The summed E-state index contributed by atoms with van der Waals surface area (Å²) in [4.78, 5) is 0. The summed E-state index contributed by atoms with van der Waals surface area (Å²) in [7, 11) is 0. The van der Waals surface area contributed by atoms with Crippen LogP contribution in [0.5, 0.6) is 0 Å². The molecule has 0 nitrogen and oxygen atoms in total. The van der Waals surface area contributed by atoms with Gasteiger partial charge in [-0.1, -0.05) is 75.1 Å². The predicted molar refractivity (Wildman–Crippen MR) is 85.3 cm³/mol. The molecule has 0 saturated heterocycles. The lowest BCUT2D eigenvalue weighted by Gasteiger charge is -2.08. The molecule has 1 aliphatic rings. The fraction of sp³-hybridized carbons (Fsp3) is 0.474. The number of allylic oxidation sites excluding steroid dienone is 4. The third kappa shape index (κ3) is 4.70. The summed E-state index contributed by atoms with van der Waals surface area (Å²) >= 11 is 0. The Morgan fingerprint density at radius 1 is 0.895 bits per heavy atom. The van der Waals surface area contributed by atoms with E-state index in [0.29, 0.717) is 0 Å². The lowest BCUT2D eigenvalue weighted by atomic mass is 9.97. The number of benzene rings is 1. The van der Waals surface area contributed by atoms with Gasteiger partial charge in [0.1, 0.15) is 0 Å². The minimum absolute atomic E-state index is 1.19. The minimum Gasteiger partial charge on any atom is -0.0836 e. The van der Waals surface area contributed by atoms with Gasteiger partial charge in [-0.05, 0) is 42.4 Å². The van der Waals surface area contributed by atoms with Crippen molar-refractivity contribution in [1.82, 2.24) is 0 Å². The van der Waals surface area contributed by atoms with E-state index in [1.807, 2.05) is 0 Å². The zero-order chi connectivity index (χ0) is 13.3. The Labute approximate surface area is 118 Å². The number of unbranched alkanes of at least 4 members (excludes halogenated alkanes) is 4. The number of aryl methyl sites for hydroxylation is 1. The van der Waals surface area contributed by atoms with Crippen LogP contribution < -0.4 is 0 Å². The van der Waals surface area contributed by atoms with E-state index >= 15 is 0 Å². The first-order chi connectivity index (χ1) is 9.40. The van der Waals surface area contributed by atoms with Gasteiger partial charge in [0.2, 0.25) is 0 Å². The van der Waals surface area contributed by atoms with Gasteiger partial charge in [0.05, 0.1) is 0 Å². The molecule has 0 bridgehead atoms. The molecule has 0 N–H and O–H groups in total. The second-order valence-electron chi connectivity index (χ2n) is 5.50. The van der Waals surface area contributed by atoms with Crippen LogP contribution in [0.1, 0.15) is 63.0 Å². The van der Waals surface area contributed by atoms with Crippen molar-refractivity contribution in [3.63, 3.8) is 0 Å². The molecule has 0 spiro atoms. The molecule has 1 aromatic rings. The topological polar surface area (TPSA) is 0 Å². The van der Waals surface area contributed by atoms with Crippen molar-refractivity contribution in [2.75, 3.05) is 0 Å². The van der Waals surface area contributed by atoms with Crippen molar-refractivity contribution < 1.29 is 0 Å². The molecule has 102 valence electrons. The highest BCUT2D eigenvalue weighted by atomic mass is 14.1. The van der Waals surface area contributed by atoms with E-state index < -0.39 is 0 Å². The van der Waals surface area contributed by atoms with E-state index in [0.717, 1.165) is 0 Å². The van der Waals surface area contributed by atoms with Crippen molar-refractivity contribution in [2.45, 2.75) is 58.3 Å². The molecule has 1 aliphatic carbocycles. The van der Waals surface area contributed by atoms with Gasteiger partial charge in [-0.2, -0.15) is 0 Å². The molecule has 0 aliphatic heterocycles. The summed E-state index contributed by atoms with van der Waals surface area (Å²) in [5.41, 5.74) is 4.24. The minimum atomic E-state index is 1.19. The largest absolute Gasteiger partial charge is 0.0836 e. The Morgan fingerprint density at radius 3 is 2.37 bits per heavy atom. The molecule has 0 radical (unpaired) electrons. The summed E-state index contributed by atoms with van der Waals surface area (Å²) in [6.45, 7) is 2.27.